The average Bonchev–Trinajstić information content (AvgIpc) is 2.69. The molecule has 28 heavy (non-hydrogen) atoms. The normalized spacial score (nSPS) is 16.0. The molecule has 1 amide bonds. The summed E-state index contributed by atoms with van der Waals surface area (Å²) in [5, 5.41) is 3.13. The summed E-state index contributed by atoms with van der Waals surface area (Å²) in [5.74, 6) is 0.102. The number of hydrogen-bond donors (Lipinski definition) is 1. The van der Waals surface area contributed by atoms with Crippen LogP contribution in [0.25, 0.3) is 0 Å². The fraction of sp³-hybridized carbons (Fsp3) is 0.316. The Balaban J connectivity index is 1.63. The molecule has 3 rings (SSSR count). The van der Waals surface area contributed by atoms with Crippen LogP contribution in [0.3, 0.4) is 0 Å². The first-order valence-corrected chi connectivity index (χ1v) is 11.3. The standard InChI is InChI=1S/C19H20BrClN2O4S/c1-27-18-7-6-16(12-17(18)21)28(25,26)23-10-8-13(9-11-23)19(24)22-15-4-2-14(20)3-5-15/h2-7,12-13H,8-11H2,1H3,(H,22,24). The van der Waals surface area contributed by atoms with Crippen molar-refractivity contribution < 1.29 is 17.9 Å². The van der Waals surface area contributed by atoms with Gasteiger partial charge in [0, 0.05) is 29.2 Å². The molecular formula is C19H20BrClN2O4S. The second-order valence-corrected chi connectivity index (χ2v) is 9.73. The third-order valence-corrected chi connectivity index (χ3v) is 7.42. The number of anilines is 1. The van der Waals surface area contributed by atoms with Crippen LogP contribution in [0.5, 0.6) is 5.75 Å². The summed E-state index contributed by atoms with van der Waals surface area (Å²) in [5.41, 5.74) is 0.719. The largest absolute Gasteiger partial charge is 0.495 e. The van der Waals surface area contributed by atoms with Crippen LogP contribution in [0, 0.1) is 5.92 Å². The van der Waals surface area contributed by atoms with E-state index in [0.717, 1.165) is 10.2 Å². The fourth-order valence-electron chi connectivity index (χ4n) is 3.09. The van der Waals surface area contributed by atoms with Crippen molar-refractivity contribution in [1.29, 1.82) is 0 Å². The number of amides is 1. The molecule has 0 radical (unpaired) electrons. The molecule has 2 aromatic carbocycles. The number of nitrogens with one attached hydrogen (secondary N) is 1. The number of benzene rings is 2. The first kappa shape index (κ1) is 21.1. The fourth-order valence-corrected chi connectivity index (χ4v) is 5.18. The lowest BCUT2D eigenvalue weighted by Gasteiger charge is -2.30. The highest BCUT2D eigenvalue weighted by Crippen LogP contribution is 2.30. The molecule has 0 aromatic heterocycles. The predicted octanol–water partition coefficient (Wildman–Crippen LogP) is 4.15. The minimum absolute atomic E-state index is 0.0909. The Morgan fingerprint density at radius 1 is 1.18 bits per heavy atom. The topological polar surface area (TPSA) is 75.7 Å². The molecule has 0 saturated carbocycles. The Labute approximate surface area is 178 Å². The van der Waals surface area contributed by atoms with Crippen LogP contribution < -0.4 is 10.1 Å². The van der Waals surface area contributed by atoms with Gasteiger partial charge in [0.05, 0.1) is 17.0 Å². The molecule has 0 aliphatic carbocycles. The maximum atomic E-state index is 12.9. The maximum absolute atomic E-state index is 12.9. The van der Waals surface area contributed by atoms with Gasteiger partial charge in [-0.3, -0.25) is 4.79 Å². The van der Waals surface area contributed by atoms with Crippen molar-refractivity contribution in [2.45, 2.75) is 17.7 Å². The molecule has 0 unspecified atom stereocenters. The van der Waals surface area contributed by atoms with E-state index in [4.69, 9.17) is 16.3 Å². The summed E-state index contributed by atoms with van der Waals surface area (Å²) in [7, 11) is -2.19. The van der Waals surface area contributed by atoms with Crippen molar-refractivity contribution in [2.75, 3.05) is 25.5 Å². The van der Waals surface area contributed by atoms with Crippen LogP contribution in [0.4, 0.5) is 5.69 Å². The molecule has 1 N–H and O–H groups in total. The highest BCUT2D eigenvalue weighted by atomic mass is 79.9. The number of piperidine rings is 1. The Morgan fingerprint density at radius 2 is 1.82 bits per heavy atom. The van der Waals surface area contributed by atoms with Gasteiger partial charge >= 0.3 is 0 Å². The number of sulfonamides is 1. The molecule has 6 nitrogen and oxygen atoms in total. The molecule has 2 aromatic rings. The second-order valence-electron chi connectivity index (χ2n) is 6.47. The Bertz CT molecular complexity index is 958. The van der Waals surface area contributed by atoms with Crippen LogP contribution in [0.1, 0.15) is 12.8 Å². The monoisotopic (exact) mass is 486 g/mol. The summed E-state index contributed by atoms with van der Waals surface area (Å²) >= 11 is 9.42. The smallest absolute Gasteiger partial charge is 0.243 e. The van der Waals surface area contributed by atoms with Gasteiger partial charge in [0.1, 0.15) is 5.75 Å². The van der Waals surface area contributed by atoms with Gasteiger partial charge in [0.25, 0.3) is 0 Å². The third kappa shape index (κ3) is 4.68. The number of hydrogen-bond acceptors (Lipinski definition) is 4. The Morgan fingerprint density at radius 3 is 2.39 bits per heavy atom. The van der Waals surface area contributed by atoms with Gasteiger partial charge < -0.3 is 10.1 Å². The number of rotatable bonds is 5. The van der Waals surface area contributed by atoms with Gasteiger partial charge in [0.15, 0.2) is 0 Å². The van der Waals surface area contributed by atoms with Gasteiger partial charge in [-0.25, -0.2) is 8.42 Å². The van der Waals surface area contributed by atoms with E-state index >= 15 is 0 Å². The average molecular weight is 488 g/mol. The minimum atomic E-state index is -3.67. The van der Waals surface area contributed by atoms with Gasteiger partial charge in [-0.05, 0) is 55.3 Å². The summed E-state index contributed by atoms with van der Waals surface area (Å²) in [4.78, 5) is 12.6. The molecule has 0 bridgehead atoms. The van der Waals surface area contributed by atoms with Crippen molar-refractivity contribution in [3.63, 3.8) is 0 Å². The molecule has 1 aliphatic heterocycles. The number of ether oxygens (including phenoxy) is 1. The van der Waals surface area contributed by atoms with Gasteiger partial charge in [-0.2, -0.15) is 4.31 Å². The summed E-state index contributed by atoms with van der Waals surface area (Å²) < 4.78 is 33.1. The maximum Gasteiger partial charge on any atom is 0.243 e. The number of halogens is 2. The van der Waals surface area contributed by atoms with E-state index in [-0.39, 0.29) is 34.8 Å². The number of nitrogens with zero attached hydrogens (tertiary/aromatic N) is 1. The van der Waals surface area contributed by atoms with E-state index in [1.54, 1.807) is 0 Å². The Kier molecular flexibility index (Phi) is 6.65. The van der Waals surface area contributed by atoms with Crippen molar-refractivity contribution in [3.05, 3.63) is 52.0 Å². The third-order valence-electron chi connectivity index (χ3n) is 4.70. The number of carbonyl (C=O) groups is 1. The van der Waals surface area contributed by atoms with Crippen LogP contribution in [0.2, 0.25) is 5.02 Å². The summed E-state index contributed by atoms with van der Waals surface area (Å²) in [6, 6.07) is 11.7. The first-order chi connectivity index (χ1) is 13.3. The van der Waals surface area contributed by atoms with E-state index in [0.29, 0.717) is 18.6 Å². The lowest BCUT2D eigenvalue weighted by molar-refractivity contribution is -0.120. The van der Waals surface area contributed by atoms with E-state index in [9.17, 15) is 13.2 Å². The molecule has 0 atom stereocenters. The molecular weight excluding hydrogens is 468 g/mol. The second kappa shape index (κ2) is 8.82. The molecule has 1 heterocycles. The van der Waals surface area contributed by atoms with Gasteiger partial charge in [-0.1, -0.05) is 27.5 Å². The quantitative estimate of drug-likeness (QED) is 0.687. The van der Waals surface area contributed by atoms with Crippen LogP contribution in [-0.4, -0.2) is 38.8 Å². The van der Waals surface area contributed by atoms with E-state index in [1.807, 2.05) is 24.3 Å². The molecule has 1 saturated heterocycles. The molecule has 150 valence electrons. The lowest BCUT2D eigenvalue weighted by Crippen LogP contribution is -2.41. The number of methoxy groups -OCH3 is 1. The van der Waals surface area contributed by atoms with E-state index in [2.05, 4.69) is 21.2 Å². The van der Waals surface area contributed by atoms with Gasteiger partial charge in [-0.15, -0.1) is 0 Å². The van der Waals surface area contributed by atoms with Crippen molar-refractivity contribution in [3.8, 4) is 5.75 Å². The van der Waals surface area contributed by atoms with Crippen molar-refractivity contribution in [1.82, 2.24) is 4.31 Å². The molecule has 1 aliphatic rings. The van der Waals surface area contributed by atoms with Crippen LogP contribution >= 0.6 is 27.5 Å². The predicted molar refractivity (Wildman–Crippen MR) is 112 cm³/mol. The zero-order valence-corrected chi connectivity index (χ0v) is 18.4. The first-order valence-electron chi connectivity index (χ1n) is 8.71. The summed E-state index contributed by atoms with van der Waals surface area (Å²) in [6.07, 6.45) is 0.928. The van der Waals surface area contributed by atoms with Crippen LogP contribution in [0.15, 0.2) is 51.8 Å². The number of carbonyl (C=O) groups excluding carboxylic acids is 1. The van der Waals surface area contributed by atoms with Crippen LogP contribution in [-0.2, 0) is 14.8 Å². The zero-order chi connectivity index (χ0) is 20.3. The highest BCUT2D eigenvalue weighted by molar-refractivity contribution is 9.10. The minimum Gasteiger partial charge on any atom is -0.495 e. The van der Waals surface area contributed by atoms with E-state index in [1.165, 1.54) is 29.6 Å². The zero-order valence-electron chi connectivity index (χ0n) is 15.2. The molecule has 0 spiro atoms. The Hall–Kier alpha value is -1.61. The van der Waals surface area contributed by atoms with Crippen molar-refractivity contribution >= 4 is 49.1 Å². The SMILES string of the molecule is COc1ccc(S(=O)(=O)N2CCC(C(=O)Nc3ccc(Br)cc3)CC2)cc1Cl. The summed E-state index contributed by atoms with van der Waals surface area (Å²) in [6.45, 7) is 0.564. The lowest BCUT2D eigenvalue weighted by atomic mass is 9.97. The van der Waals surface area contributed by atoms with Crippen molar-refractivity contribution in [2.24, 2.45) is 5.92 Å². The molecule has 9 heteroatoms. The molecule has 1 fully saturated rings. The van der Waals surface area contributed by atoms with Gasteiger partial charge in [0.2, 0.25) is 15.9 Å². The highest BCUT2D eigenvalue weighted by Gasteiger charge is 2.32. The van der Waals surface area contributed by atoms with E-state index < -0.39 is 10.0 Å².